The molecule has 0 aliphatic carbocycles. The van der Waals surface area contributed by atoms with Gasteiger partial charge in [0.1, 0.15) is 17.2 Å². The second-order valence-electron chi connectivity index (χ2n) is 21.5. The summed E-state index contributed by atoms with van der Waals surface area (Å²) < 4.78 is 34.6. The van der Waals surface area contributed by atoms with E-state index in [0.717, 1.165) is 138 Å². The first-order valence-electron chi connectivity index (χ1n) is 30.1. The number of aliphatic carboxylic acids is 1. The number of rotatable bonds is 18. The third-order valence-corrected chi connectivity index (χ3v) is 15.9. The van der Waals surface area contributed by atoms with E-state index in [-0.39, 0.29) is 85.0 Å². The third kappa shape index (κ3) is 26.5. The number of pyridine rings is 3. The minimum atomic E-state index is -1.64. The number of fused-ring (bicyclic) bond motifs is 4. The van der Waals surface area contributed by atoms with Gasteiger partial charge in [-0.25, -0.2) is 0 Å². The van der Waals surface area contributed by atoms with Crippen molar-refractivity contribution in [3.63, 3.8) is 0 Å². The van der Waals surface area contributed by atoms with Crippen LogP contribution >= 0.6 is 47.8 Å². The molecule has 4 aliphatic rings. The monoisotopic (exact) mass is 1540 g/mol. The Morgan fingerprint density at radius 3 is 1.31 bits per heavy atom. The van der Waals surface area contributed by atoms with Gasteiger partial charge in [-0.1, -0.05) is 13.8 Å². The minimum Gasteiger partial charge on any atom is -0.550 e. The number of nitrogens with zero attached hydrogens (tertiary/aromatic N) is 16. The Bertz CT molecular complexity index is 3700. The van der Waals surface area contributed by atoms with E-state index < -0.39 is 18.0 Å². The number of anilines is 5. The molecule has 0 saturated carbocycles. The van der Waals surface area contributed by atoms with E-state index in [1.165, 1.54) is 31.7 Å². The number of hydrogen-bond acceptors (Lipinski definition) is 24. The number of nitrogens with two attached hydrogens (primary N) is 1. The Labute approximate surface area is 619 Å². The molecule has 11 heterocycles. The number of hydrogen-bond donors (Lipinski definition) is 5. The summed E-state index contributed by atoms with van der Waals surface area (Å²) in [6, 6.07) is 12.3. The summed E-state index contributed by atoms with van der Waals surface area (Å²) in [5, 5.41) is 61.4. The summed E-state index contributed by atoms with van der Waals surface area (Å²) in [5.74, 6) is 0.728. The maximum Gasteiger partial charge on any atom is 1.00 e. The average Bonchev–Trinajstić information content (AvgIpc) is 1.76. The molecule has 32 nitrogen and oxygen atoms in total. The molecule has 0 atom stereocenters. The zero-order valence-electron chi connectivity index (χ0n) is 55.7. The van der Waals surface area contributed by atoms with Crippen molar-refractivity contribution >= 4 is 101 Å². The molecule has 4 aliphatic heterocycles. The normalized spacial score (nSPS) is 13.9. The zero-order chi connectivity index (χ0) is 69.2. The van der Waals surface area contributed by atoms with Crippen LogP contribution < -0.4 is 95.0 Å². The Morgan fingerprint density at radius 2 is 0.916 bits per heavy atom. The smallest absolute Gasteiger partial charge is 0.550 e. The molecule has 37 heteroatoms. The number of halogens is 3. The van der Waals surface area contributed by atoms with Crippen LogP contribution in [-0.4, -0.2) is 208 Å². The second-order valence-corrected chi connectivity index (χ2v) is 24.1. The summed E-state index contributed by atoms with van der Waals surface area (Å²) in [4.78, 5) is 63.6. The van der Waals surface area contributed by atoms with Gasteiger partial charge in [0.05, 0.1) is 91.0 Å². The Kier molecular flexibility index (Phi) is 36.2. The molecule has 0 saturated heterocycles. The number of carboxylic acids is 1. The number of ether oxygens (including phenoxy) is 4. The van der Waals surface area contributed by atoms with Gasteiger partial charge in [0.25, 0.3) is 16.7 Å². The fraction of sp³-hybridized carbons (Fsp3) is 0.517. The van der Waals surface area contributed by atoms with E-state index in [1.54, 1.807) is 84.9 Å². The van der Waals surface area contributed by atoms with E-state index in [9.17, 15) is 34.5 Å². The predicted octanol–water partition coefficient (Wildman–Crippen LogP) is -1.11. The predicted molar refractivity (Wildman–Crippen MR) is 365 cm³/mol. The van der Waals surface area contributed by atoms with Crippen LogP contribution in [0.25, 0.3) is 0 Å². The van der Waals surface area contributed by atoms with Crippen LogP contribution in [0.1, 0.15) is 43.5 Å². The number of nitrogens with one attached hydrogen (secondary N) is 2. The first-order chi connectivity index (χ1) is 44.9. The molecule has 7 aromatic rings. The topological polar surface area (TPSA) is 361 Å². The summed E-state index contributed by atoms with van der Waals surface area (Å²) in [7, 11) is 10.2. The number of carboxylic acid groups (broad SMARTS) is 1. The number of nitrogen functional groups attached to an aromatic ring is 1. The standard InChI is InChI=1S/C15H22BN5O4.C15H20BrN5O2.C9H14N4O3.C9H16N4O.C6H5Br2NO.C2H4O2.C2H6.K/c1-19-9-11(16(23)24)7-13(15(19)22)17-14-8-12-10-20(5-6-25-2)3-4-21(12)18-14;1-19-9-11(16)7-13(15(19)22)17-14-8-12-10-20(5-6-23-2)3-4-21(12)18-14;1-16-5-4-11-2-3-12-8(7-11)6-9(10-12)13(14)15;1-14-5-4-12-2-3-13-8(7-12)6-9(10)11-13;1-9-3-4(7)2-5(8)6(9)10;1-2(3)4;1-2;/h7-9,23-24H,3-6,10H2,1-2H3,(H,17,18);7-9H,3-6,10H2,1-2H3,(H,17,18);6H,2-5,7H2,1H3;6H,2-5,7H2,1H3,(H2,10,11);2-3H,1H3;1H3,(H,3,4);1-2H3;/q;;;;;;;+1/p-1. The van der Waals surface area contributed by atoms with Crippen LogP contribution in [0, 0.1) is 10.1 Å². The second kappa shape index (κ2) is 41.8. The molecule has 0 radical (unpaired) electrons. The van der Waals surface area contributed by atoms with Crippen LogP contribution in [0.2, 0.25) is 0 Å². The Hall–Kier alpha value is -5.30. The van der Waals surface area contributed by atoms with Crippen molar-refractivity contribution in [3.8, 4) is 0 Å². The first kappa shape index (κ1) is 82.1. The zero-order valence-corrected chi connectivity index (χ0v) is 63.6. The number of methoxy groups -OCH3 is 4. The molecule has 6 N–H and O–H groups in total. The molecule has 0 bridgehead atoms. The van der Waals surface area contributed by atoms with Crippen LogP contribution in [0.15, 0.2) is 88.9 Å². The summed E-state index contributed by atoms with van der Waals surface area (Å²) >= 11 is 9.80. The number of aryl methyl sites for hydroxylation is 3. The molecular weight excluding hydrogens is 1460 g/mol. The molecule has 0 amide bonds. The van der Waals surface area contributed by atoms with E-state index >= 15 is 0 Å². The van der Waals surface area contributed by atoms with Gasteiger partial charge in [-0.2, -0.15) is 20.0 Å². The third-order valence-electron chi connectivity index (χ3n) is 14.4. The Morgan fingerprint density at radius 1 is 0.568 bits per heavy atom. The van der Waals surface area contributed by atoms with E-state index in [1.807, 2.05) is 46.1 Å². The molecule has 95 heavy (non-hydrogen) atoms. The van der Waals surface area contributed by atoms with Gasteiger partial charge in [-0.3, -0.25) is 48.0 Å². The largest absolute Gasteiger partial charge is 1.00 e. The number of carbonyl (C=O) groups is 1. The van der Waals surface area contributed by atoms with Gasteiger partial charge in [-0.15, -0.1) is 0 Å². The maximum absolute atomic E-state index is 12.2. The molecule has 11 rings (SSSR count). The van der Waals surface area contributed by atoms with Gasteiger partial charge in [0, 0.05) is 185 Å². The quantitative estimate of drug-likeness (QED) is 0.0386. The molecular formula is C58H86BBr3KN19O13. The average molecular weight is 1550 g/mol. The summed E-state index contributed by atoms with van der Waals surface area (Å²) in [6.07, 6.45) is 4.84. The first-order valence-corrected chi connectivity index (χ1v) is 32.4. The fourth-order valence-corrected chi connectivity index (χ4v) is 11.7. The van der Waals surface area contributed by atoms with Crippen LogP contribution in [0.3, 0.4) is 0 Å². The maximum atomic E-state index is 12.2. The van der Waals surface area contributed by atoms with Crippen molar-refractivity contribution in [1.82, 2.24) is 72.4 Å². The molecule has 516 valence electrons. The molecule has 0 aromatic carbocycles. The van der Waals surface area contributed by atoms with Crippen LogP contribution in [0.4, 0.5) is 34.6 Å². The molecule has 0 fully saturated rings. The van der Waals surface area contributed by atoms with Gasteiger partial charge < -0.3 is 79.1 Å². The Balaban J connectivity index is 0.000000254. The van der Waals surface area contributed by atoms with Crippen molar-refractivity contribution in [2.24, 2.45) is 21.1 Å². The minimum absolute atomic E-state index is 0. The number of aromatic nitrogens is 11. The van der Waals surface area contributed by atoms with E-state index in [0.29, 0.717) is 53.9 Å². The number of nitro groups is 1. The van der Waals surface area contributed by atoms with Crippen molar-refractivity contribution in [2.75, 3.05) is 124 Å². The van der Waals surface area contributed by atoms with Gasteiger partial charge >= 0.3 is 64.3 Å². The van der Waals surface area contributed by atoms with Gasteiger partial charge in [0.15, 0.2) is 11.6 Å². The molecule has 7 aromatic heterocycles. The van der Waals surface area contributed by atoms with E-state index in [4.69, 9.17) is 34.6 Å². The van der Waals surface area contributed by atoms with E-state index in [2.05, 4.69) is 98.4 Å². The summed E-state index contributed by atoms with van der Waals surface area (Å²) in [6.45, 7) is 21.6. The molecule has 0 spiro atoms. The number of carbonyl (C=O) groups excluding carboxylic acids is 1. The van der Waals surface area contributed by atoms with Crippen LogP contribution in [-0.2, 0) is 97.2 Å². The summed E-state index contributed by atoms with van der Waals surface area (Å²) in [5.41, 5.74) is 10.5. The SMILES string of the molecule is CC.CC(=O)[O-].COCCN1CCn2nc(N)cc2C1.COCCN1CCn2nc(Nc3cc(B(O)O)cn(C)c3=O)cc2C1.COCCN1CCn2nc(Nc3cc(Br)cn(C)c3=O)cc2C1.COCCN1CCn2nc([N+](=O)[O-])cc2C1.Cn1cc(Br)cc(Br)c1=O.[K+]. The van der Waals surface area contributed by atoms with Crippen molar-refractivity contribution in [1.29, 1.82) is 0 Å². The van der Waals surface area contributed by atoms with Crippen molar-refractivity contribution in [3.05, 3.63) is 138 Å². The molecule has 0 unspecified atom stereocenters. The van der Waals surface area contributed by atoms with Crippen LogP contribution in [0.5, 0.6) is 0 Å². The fourth-order valence-electron chi connectivity index (χ4n) is 9.78. The van der Waals surface area contributed by atoms with Gasteiger partial charge in [-0.05, 0) is 77.8 Å². The van der Waals surface area contributed by atoms with Gasteiger partial charge in [0.2, 0.25) is 0 Å². The van der Waals surface area contributed by atoms with Crippen molar-refractivity contribution in [2.45, 2.75) is 73.1 Å². The van der Waals surface area contributed by atoms with Crippen molar-refractivity contribution < 1.29 is 95.2 Å².